The van der Waals surface area contributed by atoms with E-state index in [2.05, 4.69) is 0 Å². The topological polar surface area (TPSA) is 83.9 Å². The number of halogens is 1. The molecule has 0 bridgehead atoms. The van der Waals surface area contributed by atoms with E-state index in [0.29, 0.717) is 41.0 Å². The zero-order valence-corrected chi connectivity index (χ0v) is 19.8. The SMILES string of the molecule is COCC(C)OC(=O)Cc1ccccc1OCc1cc(-c2cccc(CN)c2)c2occc2c1F. The maximum absolute atomic E-state index is 15.3. The maximum atomic E-state index is 15.3. The van der Waals surface area contributed by atoms with Gasteiger partial charge in [-0.25, -0.2) is 4.39 Å². The standard InChI is InChI=1S/C28H28FNO5/c1-18(16-32-2)35-26(31)14-21-7-3-4-9-25(21)34-17-22-13-24(20-8-5-6-19(12-20)15-30)28-23(27(22)29)10-11-33-28/h3-13,18H,14-17,30H2,1-2H3. The Balaban J connectivity index is 1.59. The summed E-state index contributed by atoms with van der Waals surface area (Å²) in [6, 6.07) is 18.2. The number of benzene rings is 3. The maximum Gasteiger partial charge on any atom is 0.310 e. The average Bonchev–Trinajstić information content (AvgIpc) is 3.35. The van der Waals surface area contributed by atoms with Crippen LogP contribution >= 0.6 is 0 Å². The highest BCUT2D eigenvalue weighted by atomic mass is 19.1. The summed E-state index contributed by atoms with van der Waals surface area (Å²) in [6.07, 6.45) is 1.15. The van der Waals surface area contributed by atoms with E-state index in [4.69, 9.17) is 24.4 Å². The molecule has 1 heterocycles. The quantitative estimate of drug-likeness (QED) is 0.308. The van der Waals surface area contributed by atoms with Gasteiger partial charge in [-0.05, 0) is 42.3 Å². The minimum Gasteiger partial charge on any atom is -0.488 e. The highest BCUT2D eigenvalue weighted by Crippen LogP contribution is 2.34. The number of para-hydroxylation sites is 1. The van der Waals surface area contributed by atoms with Crippen LogP contribution in [0.2, 0.25) is 0 Å². The smallest absolute Gasteiger partial charge is 0.310 e. The summed E-state index contributed by atoms with van der Waals surface area (Å²) in [7, 11) is 1.55. The number of ether oxygens (including phenoxy) is 3. The predicted octanol–water partition coefficient (Wildman–Crippen LogP) is 5.40. The van der Waals surface area contributed by atoms with Gasteiger partial charge in [-0.15, -0.1) is 0 Å². The van der Waals surface area contributed by atoms with Gasteiger partial charge >= 0.3 is 5.97 Å². The van der Waals surface area contributed by atoms with Gasteiger partial charge < -0.3 is 24.4 Å². The Hall–Kier alpha value is -3.68. The molecule has 0 saturated heterocycles. The summed E-state index contributed by atoms with van der Waals surface area (Å²) in [4.78, 5) is 12.3. The fourth-order valence-electron chi connectivity index (χ4n) is 3.99. The summed E-state index contributed by atoms with van der Waals surface area (Å²) < 4.78 is 37.3. The first kappa shape index (κ1) is 24.4. The first-order valence-electron chi connectivity index (χ1n) is 11.4. The number of esters is 1. The second kappa shape index (κ2) is 11.2. The van der Waals surface area contributed by atoms with Crippen molar-refractivity contribution in [1.82, 2.24) is 0 Å². The average molecular weight is 478 g/mol. The van der Waals surface area contributed by atoms with Crippen LogP contribution in [0.4, 0.5) is 4.39 Å². The van der Waals surface area contributed by atoms with Crippen molar-refractivity contribution in [1.29, 1.82) is 0 Å². The number of hydrogen-bond donors (Lipinski definition) is 1. The number of rotatable bonds is 10. The van der Waals surface area contributed by atoms with Gasteiger partial charge in [0.25, 0.3) is 0 Å². The predicted molar refractivity (Wildman–Crippen MR) is 131 cm³/mol. The zero-order chi connectivity index (χ0) is 24.8. The number of fused-ring (bicyclic) bond motifs is 1. The number of hydrogen-bond acceptors (Lipinski definition) is 6. The van der Waals surface area contributed by atoms with Gasteiger partial charge in [0.15, 0.2) is 0 Å². The Morgan fingerprint density at radius 2 is 1.91 bits per heavy atom. The van der Waals surface area contributed by atoms with Crippen LogP contribution in [-0.4, -0.2) is 25.8 Å². The normalized spacial score (nSPS) is 12.0. The van der Waals surface area contributed by atoms with E-state index in [1.807, 2.05) is 30.3 Å². The molecule has 0 aliphatic carbocycles. The van der Waals surface area contributed by atoms with Gasteiger partial charge in [0, 0.05) is 30.3 Å². The zero-order valence-electron chi connectivity index (χ0n) is 19.8. The van der Waals surface area contributed by atoms with E-state index in [1.165, 1.54) is 6.26 Å². The van der Waals surface area contributed by atoms with Crippen LogP contribution in [0.5, 0.6) is 5.75 Å². The molecule has 1 unspecified atom stereocenters. The molecule has 7 heteroatoms. The van der Waals surface area contributed by atoms with Gasteiger partial charge in [-0.1, -0.05) is 36.4 Å². The van der Waals surface area contributed by atoms with Crippen molar-refractivity contribution in [2.75, 3.05) is 13.7 Å². The molecule has 0 fully saturated rings. The second-order valence-corrected chi connectivity index (χ2v) is 8.29. The summed E-state index contributed by atoms with van der Waals surface area (Å²) in [5.74, 6) is -0.307. The lowest BCUT2D eigenvalue weighted by molar-refractivity contribution is -0.149. The number of methoxy groups -OCH3 is 1. The van der Waals surface area contributed by atoms with Crippen LogP contribution in [0.25, 0.3) is 22.1 Å². The number of carbonyl (C=O) groups is 1. The van der Waals surface area contributed by atoms with E-state index >= 15 is 4.39 Å². The molecule has 35 heavy (non-hydrogen) atoms. The van der Waals surface area contributed by atoms with Crippen molar-refractivity contribution in [2.45, 2.75) is 32.6 Å². The van der Waals surface area contributed by atoms with E-state index in [-0.39, 0.29) is 19.1 Å². The van der Waals surface area contributed by atoms with Crippen LogP contribution in [0.15, 0.2) is 71.3 Å². The third kappa shape index (κ3) is 5.70. The number of nitrogens with two attached hydrogens (primary N) is 1. The first-order valence-corrected chi connectivity index (χ1v) is 11.4. The van der Waals surface area contributed by atoms with Crippen LogP contribution in [0, 0.1) is 5.82 Å². The molecule has 0 saturated carbocycles. The van der Waals surface area contributed by atoms with E-state index in [9.17, 15) is 4.79 Å². The summed E-state index contributed by atoms with van der Waals surface area (Å²) in [5, 5.41) is 0.378. The van der Waals surface area contributed by atoms with Crippen molar-refractivity contribution < 1.29 is 27.8 Å². The number of furan rings is 1. The lowest BCUT2D eigenvalue weighted by Crippen LogP contribution is -2.21. The molecule has 0 spiro atoms. The van der Waals surface area contributed by atoms with Gasteiger partial charge in [0.05, 0.1) is 24.7 Å². The molecule has 0 radical (unpaired) electrons. The van der Waals surface area contributed by atoms with Crippen molar-refractivity contribution in [3.8, 4) is 16.9 Å². The largest absolute Gasteiger partial charge is 0.488 e. The molecule has 1 atom stereocenters. The fraction of sp³-hybridized carbons (Fsp3) is 0.250. The molecular weight excluding hydrogens is 449 g/mol. The Labute approximate surface area is 203 Å². The molecule has 182 valence electrons. The Morgan fingerprint density at radius 3 is 2.71 bits per heavy atom. The number of carbonyl (C=O) groups excluding carboxylic acids is 1. The summed E-state index contributed by atoms with van der Waals surface area (Å²) in [5.41, 5.74) is 9.89. The molecule has 2 N–H and O–H groups in total. The molecular formula is C28H28FNO5. The van der Waals surface area contributed by atoms with Crippen LogP contribution in [0.3, 0.4) is 0 Å². The van der Waals surface area contributed by atoms with E-state index in [0.717, 1.165) is 16.7 Å². The van der Waals surface area contributed by atoms with E-state index in [1.54, 1.807) is 44.4 Å². The fourth-order valence-corrected chi connectivity index (χ4v) is 3.99. The molecule has 3 aromatic carbocycles. The minimum absolute atomic E-state index is 0.0251. The molecule has 0 aliphatic heterocycles. The Kier molecular flexibility index (Phi) is 7.80. The molecule has 0 aliphatic rings. The van der Waals surface area contributed by atoms with Crippen LogP contribution < -0.4 is 10.5 Å². The third-order valence-electron chi connectivity index (χ3n) is 5.65. The monoisotopic (exact) mass is 477 g/mol. The first-order chi connectivity index (χ1) is 17.0. The highest BCUT2D eigenvalue weighted by Gasteiger charge is 2.18. The molecule has 4 rings (SSSR count). The van der Waals surface area contributed by atoms with E-state index < -0.39 is 11.8 Å². The molecule has 6 nitrogen and oxygen atoms in total. The molecule has 0 amide bonds. The Bertz CT molecular complexity index is 1320. The highest BCUT2D eigenvalue weighted by molar-refractivity contribution is 5.93. The van der Waals surface area contributed by atoms with Crippen molar-refractivity contribution in [3.05, 3.63) is 89.4 Å². The van der Waals surface area contributed by atoms with Gasteiger partial charge in [0.2, 0.25) is 0 Å². The van der Waals surface area contributed by atoms with Crippen molar-refractivity contribution in [2.24, 2.45) is 5.73 Å². The Morgan fingerprint density at radius 1 is 1.09 bits per heavy atom. The second-order valence-electron chi connectivity index (χ2n) is 8.29. The van der Waals surface area contributed by atoms with Gasteiger partial charge in [-0.3, -0.25) is 4.79 Å². The molecule has 4 aromatic rings. The summed E-state index contributed by atoms with van der Waals surface area (Å²) in [6.45, 7) is 2.45. The van der Waals surface area contributed by atoms with Gasteiger partial charge in [-0.2, -0.15) is 0 Å². The lowest BCUT2D eigenvalue weighted by Gasteiger charge is -2.15. The lowest BCUT2D eigenvalue weighted by atomic mass is 9.98. The van der Waals surface area contributed by atoms with Crippen LogP contribution in [-0.2, 0) is 33.8 Å². The van der Waals surface area contributed by atoms with Crippen molar-refractivity contribution in [3.63, 3.8) is 0 Å². The third-order valence-corrected chi connectivity index (χ3v) is 5.65. The minimum atomic E-state index is -0.405. The van der Waals surface area contributed by atoms with Crippen molar-refractivity contribution >= 4 is 16.9 Å². The molecule has 1 aromatic heterocycles. The van der Waals surface area contributed by atoms with Crippen LogP contribution in [0.1, 0.15) is 23.6 Å². The summed E-state index contributed by atoms with van der Waals surface area (Å²) >= 11 is 0. The van der Waals surface area contributed by atoms with Gasteiger partial charge in [0.1, 0.15) is 29.9 Å².